The van der Waals surface area contributed by atoms with Gasteiger partial charge < -0.3 is 24.7 Å². The molecule has 12 heteroatoms. The molecule has 46 heavy (non-hydrogen) atoms. The average Bonchev–Trinajstić information content (AvgIpc) is 3.88. The molecule has 2 aliphatic rings. The molecule has 2 fully saturated rings. The van der Waals surface area contributed by atoms with E-state index >= 15 is 4.39 Å². The maximum atomic E-state index is 15.6. The summed E-state index contributed by atoms with van der Waals surface area (Å²) in [6, 6.07) is 14.2. The molecule has 1 aliphatic carbocycles. The second kappa shape index (κ2) is 13.3. The fourth-order valence-corrected chi connectivity index (χ4v) is 5.49. The van der Waals surface area contributed by atoms with E-state index in [0.717, 1.165) is 45.3 Å². The van der Waals surface area contributed by atoms with E-state index in [1.54, 1.807) is 24.4 Å². The van der Waals surface area contributed by atoms with Crippen LogP contribution in [-0.2, 0) is 14.3 Å². The Morgan fingerprint density at radius 2 is 1.70 bits per heavy atom. The second-order valence-corrected chi connectivity index (χ2v) is 11.3. The number of primary amides is 1. The minimum absolute atomic E-state index is 0.110. The zero-order chi connectivity index (χ0) is 32.3. The van der Waals surface area contributed by atoms with E-state index in [2.05, 4.69) is 9.88 Å². The van der Waals surface area contributed by atoms with Gasteiger partial charge in [0.25, 0.3) is 0 Å². The van der Waals surface area contributed by atoms with Crippen molar-refractivity contribution in [1.29, 1.82) is 0 Å². The Morgan fingerprint density at radius 3 is 2.37 bits per heavy atom. The molecule has 0 atom stereocenters. The minimum Gasteiger partial charge on any atom is -0.493 e. The van der Waals surface area contributed by atoms with Crippen molar-refractivity contribution in [3.63, 3.8) is 0 Å². The number of carbonyl (C=O) groups excluding carboxylic acids is 2. The molecule has 2 amide bonds. The van der Waals surface area contributed by atoms with Gasteiger partial charge in [0.1, 0.15) is 17.0 Å². The van der Waals surface area contributed by atoms with Crippen LogP contribution >= 0.6 is 0 Å². The predicted octanol–water partition coefficient (Wildman–Crippen LogP) is 5.35. The first-order valence-electron chi connectivity index (χ1n) is 15.1. The van der Waals surface area contributed by atoms with E-state index in [9.17, 15) is 14.0 Å². The van der Waals surface area contributed by atoms with Crippen LogP contribution in [0.5, 0.6) is 23.0 Å². The lowest BCUT2D eigenvalue weighted by molar-refractivity contribution is -0.133. The summed E-state index contributed by atoms with van der Waals surface area (Å²) in [5, 5.41) is 0.573. The van der Waals surface area contributed by atoms with Crippen molar-refractivity contribution in [3.8, 4) is 23.0 Å². The molecule has 6 rings (SSSR count). The third-order valence-corrected chi connectivity index (χ3v) is 8.28. The summed E-state index contributed by atoms with van der Waals surface area (Å²) in [6.07, 6.45) is 2.94. The molecule has 1 aliphatic heterocycles. The first-order chi connectivity index (χ1) is 22.3. The topological polar surface area (TPSA) is 116 Å². The molecular formula is C34H34F2N4O6. The summed E-state index contributed by atoms with van der Waals surface area (Å²) in [4.78, 5) is 33.7. The fraction of sp³-hybridized carbons (Fsp3) is 0.324. The van der Waals surface area contributed by atoms with Crippen LogP contribution < -0.4 is 24.8 Å². The minimum atomic E-state index is -1.39. The summed E-state index contributed by atoms with van der Waals surface area (Å²) < 4.78 is 52.4. The van der Waals surface area contributed by atoms with Gasteiger partial charge in [-0.2, -0.15) is 0 Å². The molecule has 10 nitrogen and oxygen atoms in total. The van der Waals surface area contributed by atoms with Crippen molar-refractivity contribution in [2.75, 3.05) is 51.5 Å². The van der Waals surface area contributed by atoms with E-state index in [1.807, 2.05) is 0 Å². The van der Waals surface area contributed by atoms with E-state index in [4.69, 9.17) is 24.7 Å². The first-order valence-corrected chi connectivity index (χ1v) is 15.1. The molecular weight excluding hydrogens is 598 g/mol. The molecule has 2 N–H and O–H groups in total. The van der Waals surface area contributed by atoms with E-state index in [-0.39, 0.29) is 30.0 Å². The van der Waals surface area contributed by atoms with Crippen LogP contribution in [0.1, 0.15) is 19.3 Å². The maximum Gasteiger partial charge on any atom is 0.247 e. The molecule has 1 saturated heterocycles. The maximum absolute atomic E-state index is 15.6. The SMILES string of the molecule is COc1cc2c(Oc3ccc(N(C(=O)C4(C(N)=O)CC4)c4ccc(F)cc4)cc3F)ccnc2cc1OCCCN1CCOCC1. The molecule has 0 bridgehead atoms. The summed E-state index contributed by atoms with van der Waals surface area (Å²) in [6.45, 7) is 4.71. The van der Waals surface area contributed by atoms with Crippen molar-refractivity contribution >= 4 is 34.1 Å². The van der Waals surface area contributed by atoms with E-state index in [0.29, 0.717) is 34.8 Å². The van der Waals surface area contributed by atoms with Crippen LogP contribution in [0.2, 0.25) is 0 Å². The Kier molecular flexibility index (Phi) is 9.00. The molecule has 4 aromatic rings. The van der Waals surface area contributed by atoms with Gasteiger partial charge in [0.05, 0.1) is 38.1 Å². The van der Waals surface area contributed by atoms with Crippen molar-refractivity contribution in [1.82, 2.24) is 9.88 Å². The summed E-state index contributed by atoms with van der Waals surface area (Å²) in [5.41, 5.74) is 5.12. The number of fused-ring (bicyclic) bond motifs is 1. The molecule has 0 radical (unpaired) electrons. The van der Waals surface area contributed by atoms with Crippen molar-refractivity contribution in [2.24, 2.45) is 11.1 Å². The first kappa shape index (κ1) is 31.2. The van der Waals surface area contributed by atoms with E-state index in [1.165, 1.54) is 48.4 Å². The molecule has 0 spiro atoms. The van der Waals surface area contributed by atoms with Crippen LogP contribution in [-0.4, -0.2) is 68.3 Å². The van der Waals surface area contributed by atoms with Crippen molar-refractivity contribution < 1.29 is 37.3 Å². The van der Waals surface area contributed by atoms with Crippen molar-refractivity contribution in [3.05, 3.63) is 78.5 Å². The number of hydrogen-bond acceptors (Lipinski definition) is 8. The second-order valence-electron chi connectivity index (χ2n) is 11.3. The lowest BCUT2D eigenvalue weighted by atomic mass is 10.0. The summed E-state index contributed by atoms with van der Waals surface area (Å²) >= 11 is 0. The Morgan fingerprint density at radius 1 is 0.957 bits per heavy atom. The van der Waals surface area contributed by atoms with Crippen LogP contribution in [0.25, 0.3) is 10.9 Å². The number of anilines is 2. The van der Waals surface area contributed by atoms with E-state index < -0.39 is 28.9 Å². The Hall–Kier alpha value is -4.81. The molecule has 240 valence electrons. The Bertz CT molecular complexity index is 1740. The number of carbonyl (C=O) groups is 2. The lowest BCUT2D eigenvalue weighted by Crippen LogP contribution is -2.41. The number of ether oxygens (including phenoxy) is 4. The van der Waals surface area contributed by atoms with Gasteiger partial charge >= 0.3 is 0 Å². The largest absolute Gasteiger partial charge is 0.493 e. The number of hydrogen-bond donors (Lipinski definition) is 1. The Balaban J connectivity index is 1.23. The average molecular weight is 633 g/mol. The zero-order valence-electron chi connectivity index (χ0n) is 25.3. The molecule has 3 aromatic carbocycles. The van der Waals surface area contributed by atoms with Gasteiger partial charge in [-0.25, -0.2) is 8.78 Å². The smallest absolute Gasteiger partial charge is 0.247 e. The molecule has 1 saturated carbocycles. The number of halogens is 2. The normalized spacial score (nSPS) is 15.7. The number of nitrogens with zero attached hydrogens (tertiary/aromatic N) is 3. The number of pyridine rings is 1. The number of morpholine rings is 1. The predicted molar refractivity (Wildman–Crippen MR) is 167 cm³/mol. The third kappa shape index (κ3) is 6.44. The highest BCUT2D eigenvalue weighted by atomic mass is 19.1. The summed E-state index contributed by atoms with van der Waals surface area (Å²) in [5.74, 6) is -1.41. The number of nitrogens with two attached hydrogens (primary N) is 1. The number of methoxy groups -OCH3 is 1. The van der Waals surface area contributed by atoms with Gasteiger partial charge in [-0.1, -0.05) is 0 Å². The highest BCUT2D eigenvalue weighted by Crippen LogP contribution is 2.49. The van der Waals surface area contributed by atoms with Crippen LogP contribution in [0.3, 0.4) is 0 Å². The standard InChI is InChI=1S/C34H34F2N4O6/c1-43-30-20-25-27(21-31(30)45-16-2-13-39-14-17-44-18-15-39)38-12-9-28(25)46-29-8-7-24(19-26(29)36)40(23-5-3-22(35)4-6-23)33(42)34(10-11-34)32(37)41/h3-9,12,19-21H,2,10-11,13-18H2,1H3,(H2,37,41). The number of rotatable bonds is 12. The van der Waals surface area contributed by atoms with Crippen LogP contribution in [0.15, 0.2) is 66.9 Å². The van der Waals surface area contributed by atoms with Gasteiger partial charge in [-0.15, -0.1) is 0 Å². The fourth-order valence-electron chi connectivity index (χ4n) is 5.49. The Labute approximate surface area is 264 Å². The third-order valence-electron chi connectivity index (χ3n) is 8.28. The van der Waals surface area contributed by atoms with Crippen LogP contribution in [0, 0.1) is 17.0 Å². The lowest BCUT2D eigenvalue weighted by Gasteiger charge is -2.26. The molecule has 1 aromatic heterocycles. The number of aromatic nitrogens is 1. The zero-order valence-corrected chi connectivity index (χ0v) is 25.3. The van der Waals surface area contributed by atoms with Crippen LogP contribution in [0.4, 0.5) is 20.2 Å². The number of amides is 2. The number of benzene rings is 3. The van der Waals surface area contributed by atoms with Gasteiger partial charge in [0.15, 0.2) is 23.1 Å². The molecule has 0 unspecified atom stereocenters. The quantitative estimate of drug-likeness (QED) is 0.164. The highest BCUT2D eigenvalue weighted by molar-refractivity contribution is 6.16. The monoisotopic (exact) mass is 632 g/mol. The van der Waals surface area contributed by atoms with Gasteiger partial charge in [-0.05, 0) is 67.8 Å². The van der Waals surface area contributed by atoms with Crippen molar-refractivity contribution in [2.45, 2.75) is 19.3 Å². The van der Waals surface area contributed by atoms with Gasteiger partial charge in [-0.3, -0.25) is 24.4 Å². The molecule has 2 heterocycles. The van der Waals surface area contributed by atoms with Gasteiger partial charge in [0.2, 0.25) is 11.8 Å². The summed E-state index contributed by atoms with van der Waals surface area (Å²) in [7, 11) is 1.54. The van der Waals surface area contributed by atoms with Gasteiger partial charge in [0, 0.05) is 49.0 Å². The highest BCUT2D eigenvalue weighted by Gasteiger charge is 2.57.